The van der Waals surface area contributed by atoms with Crippen molar-refractivity contribution in [3.8, 4) is 5.75 Å². The summed E-state index contributed by atoms with van der Waals surface area (Å²) >= 11 is 0. The van der Waals surface area contributed by atoms with E-state index in [4.69, 9.17) is 9.47 Å². The van der Waals surface area contributed by atoms with Crippen molar-refractivity contribution in [2.75, 3.05) is 32.9 Å². The number of ether oxygens (including phenoxy) is 2. The van der Waals surface area contributed by atoms with Crippen LogP contribution in [0.25, 0.3) is 0 Å². The number of benzene rings is 1. The molecule has 1 aromatic rings. The van der Waals surface area contributed by atoms with Gasteiger partial charge >= 0.3 is 0 Å². The minimum absolute atomic E-state index is 0.160. The standard InChI is InChI=1S/C18H27NO3/c1-14-4-2-5-15(12-14)22-11-9-19-8-10-21-13-17(19)16-6-3-7-18(16)20/h2,4-5,12,16-18,20H,3,6-11,13H2,1H3. The van der Waals surface area contributed by atoms with Crippen LogP contribution in [0.1, 0.15) is 24.8 Å². The highest BCUT2D eigenvalue weighted by atomic mass is 16.5. The van der Waals surface area contributed by atoms with Gasteiger partial charge in [0.15, 0.2) is 0 Å². The molecule has 3 unspecified atom stereocenters. The maximum absolute atomic E-state index is 10.2. The van der Waals surface area contributed by atoms with Crippen LogP contribution in [0.15, 0.2) is 24.3 Å². The monoisotopic (exact) mass is 305 g/mol. The van der Waals surface area contributed by atoms with Crippen molar-refractivity contribution in [1.82, 2.24) is 4.90 Å². The smallest absolute Gasteiger partial charge is 0.119 e. The maximum atomic E-state index is 10.2. The Morgan fingerprint density at radius 1 is 1.36 bits per heavy atom. The van der Waals surface area contributed by atoms with E-state index < -0.39 is 0 Å². The third kappa shape index (κ3) is 3.80. The van der Waals surface area contributed by atoms with Crippen molar-refractivity contribution in [2.45, 2.75) is 38.3 Å². The van der Waals surface area contributed by atoms with E-state index in [0.29, 0.717) is 18.6 Å². The van der Waals surface area contributed by atoms with Gasteiger partial charge in [-0.25, -0.2) is 0 Å². The lowest BCUT2D eigenvalue weighted by atomic mass is 9.94. The fraction of sp³-hybridized carbons (Fsp3) is 0.667. The highest BCUT2D eigenvalue weighted by Gasteiger charge is 2.37. The Balaban J connectivity index is 1.53. The SMILES string of the molecule is Cc1cccc(OCCN2CCOCC2C2CCCC2O)c1. The zero-order chi connectivity index (χ0) is 15.4. The average Bonchev–Trinajstić information content (AvgIpc) is 2.94. The van der Waals surface area contributed by atoms with Crippen LogP contribution >= 0.6 is 0 Å². The molecule has 3 rings (SSSR count). The van der Waals surface area contributed by atoms with E-state index in [1.165, 1.54) is 5.56 Å². The number of nitrogens with zero attached hydrogens (tertiary/aromatic N) is 1. The molecule has 0 spiro atoms. The van der Waals surface area contributed by atoms with Crippen LogP contribution in [0.4, 0.5) is 0 Å². The Labute approximate surface area is 133 Å². The second kappa shape index (κ2) is 7.44. The molecule has 0 aromatic heterocycles. The first-order chi connectivity index (χ1) is 10.7. The predicted molar refractivity (Wildman–Crippen MR) is 86.2 cm³/mol. The Bertz CT molecular complexity index is 479. The third-order valence-electron chi connectivity index (χ3n) is 4.94. The number of aryl methyl sites for hydroxylation is 1. The quantitative estimate of drug-likeness (QED) is 0.906. The van der Waals surface area contributed by atoms with Crippen molar-refractivity contribution < 1.29 is 14.6 Å². The molecule has 1 saturated carbocycles. The van der Waals surface area contributed by atoms with Crippen molar-refractivity contribution in [3.05, 3.63) is 29.8 Å². The number of aliphatic hydroxyl groups excluding tert-OH is 1. The Morgan fingerprint density at radius 2 is 2.27 bits per heavy atom. The van der Waals surface area contributed by atoms with Crippen LogP contribution in [0, 0.1) is 12.8 Å². The van der Waals surface area contributed by atoms with Gasteiger partial charge in [-0.1, -0.05) is 18.6 Å². The normalized spacial score (nSPS) is 29.6. The molecule has 0 bridgehead atoms. The molecule has 122 valence electrons. The number of hydrogen-bond donors (Lipinski definition) is 1. The maximum Gasteiger partial charge on any atom is 0.119 e. The second-order valence-electron chi connectivity index (χ2n) is 6.51. The average molecular weight is 305 g/mol. The van der Waals surface area contributed by atoms with E-state index in [1.807, 2.05) is 12.1 Å². The third-order valence-corrected chi connectivity index (χ3v) is 4.94. The first kappa shape index (κ1) is 15.8. The summed E-state index contributed by atoms with van der Waals surface area (Å²) in [5.41, 5.74) is 1.22. The Kier molecular flexibility index (Phi) is 5.34. The summed E-state index contributed by atoms with van der Waals surface area (Å²) in [4.78, 5) is 2.44. The molecular weight excluding hydrogens is 278 g/mol. The molecule has 4 heteroatoms. The number of morpholine rings is 1. The van der Waals surface area contributed by atoms with Gasteiger partial charge in [0.25, 0.3) is 0 Å². The fourth-order valence-electron chi connectivity index (χ4n) is 3.73. The van der Waals surface area contributed by atoms with Crippen LogP contribution < -0.4 is 4.74 Å². The first-order valence-corrected chi connectivity index (χ1v) is 8.43. The molecule has 1 aromatic carbocycles. The van der Waals surface area contributed by atoms with Gasteiger partial charge in [-0.05, 0) is 37.5 Å². The molecule has 3 atom stereocenters. The van der Waals surface area contributed by atoms with E-state index in [1.54, 1.807) is 0 Å². The summed E-state index contributed by atoms with van der Waals surface area (Å²) in [6.45, 7) is 6.11. The molecule has 1 saturated heterocycles. The lowest BCUT2D eigenvalue weighted by Crippen LogP contribution is -2.52. The van der Waals surface area contributed by atoms with Crippen LogP contribution in [-0.4, -0.2) is 55.1 Å². The molecule has 1 aliphatic heterocycles. The topological polar surface area (TPSA) is 41.9 Å². The zero-order valence-electron chi connectivity index (χ0n) is 13.4. The van der Waals surface area contributed by atoms with Crippen LogP contribution in [0.5, 0.6) is 5.75 Å². The summed E-state index contributed by atoms with van der Waals surface area (Å²) < 4.78 is 11.5. The van der Waals surface area contributed by atoms with Crippen LogP contribution in [0.2, 0.25) is 0 Å². The molecule has 22 heavy (non-hydrogen) atoms. The van der Waals surface area contributed by atoms with Crippen LogP contribution in [0.3, 0.4) is 0 Å². The minimum Gasteiger partial charge on any atom is -0.492 e. The van der Waals surface area contributed by atoms with E-state index in [0.717, 1.165) is 51.3 Å². The summed E-state index contributed by atoms with van der Waals surface area (Å²) in [6.07, 6.45) is 3.03. The highest BCUT2D eigenvalue weighted by molar-refractivity contribution is 5.27. The molecule has 2 aliphatic rings. The lowest BCUT2D eigenvalue weighted by Gasteiger charge is -2.40. The molecule has 1 heterocycles. The minimum atomic E-state index is -0.160. The Morgan fingerprint density at radius 3 is 3.05 bits per heavy atom. The number of hydrogen-bond acceptors (Lipinski definition) is 4. The molecule has 0 amide bonds. The summed E-state index contributed by atoms with van der Waals surface area (Å²) in [5, 5.41) is 10.2. The van der Waals surface area contributed by atoms with Crippen molar-refractivity contribution in [3.63, 3.8) is 0 Å². The van der Waals surface area contributed by atoms with Gasteiger partial charge < -0.3 is 14.6 Å². The van der Waals surface area contributed by atoms with Crippen molar-refractivity contribution in [1.29, 1.82) is 0 Å². The Hall–Kier alpha value is -1.10. The van der Waals surface area contributed by atoms with E-state index >= 15 is 0 Å². The van der Waals surface area contributed by atoms with Gasteiger partial charge in [0, 0.05) is 25.0 Å². The molecular formula is C18H27NO3. The molecule has 1 aliphatic carbocycles. The highest BCUT2D eigenvalue weighted by Crippen LogP contribution is 2.32. The lowest BCUT2D eigenvalue weighted by molar-refractivity contribution is -0.0532. The molecule has 0 radical (unpaired) electrons. The predicted octanol–water partition coefficient (Wildman–Crippen LogP) is 2.24. The van der Waals surface area contributed by atoms with Gasteiger partial charge in [-0.15, -0.1) is 0 Å². The first-order valence-electron chi connectivity index (χ1n) is 8.43. The number of rotatable bonds is 5. The van der Waals surface area contributed by atoms with Gasteiger partial charge in [0.2, 0.25) is 0 Å². The largest absolute Gasteiger partial charge is 0.492 e. The van der Waals surface area contributed by atoms with Crippen molar-refractivity contribution >= 4 is 0 Å². The van der Waals surface area contributed by atoms with Crippen molar-refractivity contribution in [2.24, 2.45) is 5.92 Å². The zero-order valence-corrected chi connectivity index (χ0v) is 13.4. The van der Waals surface area contributed by atoms with E-state index in [9.17, 15) is 5.11 Å². The summed E-state index contributed by atoms with van der Waals surface area (Å²) in [5.74, 6) is 1.30. The molecule has 2 fully saturated rings. The van der Waals surface area contributed by atoms with Gasteiger partial charge in [-0.2, -0.15) is 0 Å². The van der Waals surface area contributed by atoms with E-state index in [2.05, 4.69) is 24.0 Å². The fourth-order valence-corrected chi connectivity index (χ4v) is 3.73. The molecule has 4 nitrogen and oxygen atoms in total. The van der Waals surface area contributed by atoms with Crippen LogP contribution in [-0.2, 0) is 4.74 Å². The van der Waals surface area contributed by atoms with Gasteiger partial charge in [-0.3, -0.25) is 4.90 Å². The second-order valence-corrected chi connectivity index (χ2v) is 6.51. The summed E-state index contributed by atoms with van der Waals surface area (Å²) in [6, 6.07) is 8.51. The van der Waals surface area contributed by atoms with Gasteiger partial charge in [0.05, 0.1) is 19.3 Å². The van der Waals surface area contributed by atoms with E-state index in [-0.39, 0.29) is 6.10 Å². The number of aliphatic hydroxyl groups is 1. The van der Waals surface area contributed by atoms with Gasteiger partial charge in [0.1, 0.15) is 12.4 Å². The summed E-state index contributed by atoms with van der Waals surface area (Å²) in [7, 11) is 0. The molecule has 1 N–H and O–H groups in total.